The number of aryl methyl sites for hydroxylation is 1. The third-order valence-corrected chi connectivity index (χ3v) is 3.57. The normalized spacial score (nSPS) is 24.8. The van der Waals surface area contributed by atoms with E-state index in [2.05, 4.69) is 30.3 Å². The van der Waals surface area contributed by atoms with E-state index >= 15 is 0 Å². The topological polar surface area (TPSA) is 29.5 Å². The smallest absolute Gasteiger partial charge is 0.0612 e. The number of unbranched alkanes of at least 4 members (excludes halogenated alkanes) is 1. The third-order valence-electron chi connectivity index (χ3n) is 3.57. The average Bonchev–Trinajstić information content (AvgIpc) is 2.38. The molecule has 0 aromatic heterocycles. The largest absolute Gasteiger partial charge is 0.393 e. The van der Waals surface area contributed by atoms with E-state index in [9.17, 15) is 5.11 Å². The van der Waals surface area contributed by atoms with Gasteiger partial charge in [-0.2, -0.15) is 0 Å². The summed E-state index contributed by atoms with van der Waals surface area (Å²) >= 11 is 0. The van der Waals surface area contributed by atoms with Crippen LogP contribution < -0.4 is 0 Å². The van der Waals surface area contributed by atoms with Gasteiger partial charge in [0.2, 0.25) is 0 Å². The van der Waals surface area contributed by atoms with Crippen molar-refractivity contribution in [2.75, 3.05) is 13.2 Å². The molecule has 2 heteroatoms. The quantitative estimate of drug-likeness (QED) is 0.794. The van der Waals surface area contributed by atoms with Crippen molar-refractivity contribution in [3.05, 3.63) is 35.9 Å². The Hall–Kier alpha value is -0.860. The van der Waals surface area contributed by atoms with Crippen LogP contribution in [0.15, 0.2) is 30.3 Å². The van der Waals surface area contributed by atoms with Crippen molar-refractivity contribution in [1.82, 2.24) is 0 Å². The fourth-order valence-electron chi connectivity index (χ4n) is 2.44. The maximum atomic E-state index is 9.81. The molecule has 0 spiro atoms. The lowest BCUT2D eigenvalue weighted by atomic mass is 9.92. The minimum absolute atomic E-state index is 0.138. The molecule has 1 heterocycles. The minimum Gasteiger partial charge on any atom is -0.393 e. The number of benzene rings is 1. The highest BCUT2D eigenvalue weighted by Gasteiger charge is 2.22. The summed E-state index contributed by atoms with van der Waals surface area (Å²) in [5.41, 5.74) is 1.41. The van der Waals surface area contributed by atoms with Crippen molar-refractivity contribution < 1.29 is 9.84 Å². The molecule has 2 unspecified atom stereocenters. The monoisotopic (exact) mass is 234 g/mol. The van der Waals surface area contributed by atoms with Gasteiger partial charge in [-0.25, -0.2) is 0 Å². The first-order valence-electron chi connectivity index (χ1n) is 6.66. The van der Waals surface area contributed by atoms with Gasteiger partial charge < -0.3 is 9.84 Å². The lowest BCUT2D eigenvalue weighted by Gasteiger charge is -2.27. The maximum Gasteiger partial charge on any atom is 0.0612 e. The number of ether oxygens (including phenoxy) is 1. The van der Waals surface area contributed by atoms with Crippen LogP contribution in [-0.2, 0) is 11.2 Å². The van der Waals surface area contributed by atoms with E-state index in [1.807, 2.05) is 0 Å². The molecule has 0 bridgehead atoms. The molecule has 94 valence electrons. The third kappa shape index (κ3) is 4.14. The van der Waals surface area contributed by atoms with Gasteiger partial charge in [-0.3, -0.25) is 0 Å². The van der Waals surface area contributed by atoms with E-state index in [0.717, 1.165) is 32.5 Å². The van der Waals surface area contributed by atoms with E-state index in [1.54, 1.807) is 0 Å². The first-order chi connectivity index (χ1) is 8.36. The van der Waals surface area contributed by atoms with Crippen molar-refractivity contribution in [3.63, 3.8) is 0 Å². The molecular formula is C15H22O2. The van der Waals surface area contributed by atoms with Crippen LogP contribution in [0.1, 0.15) is 31.2 Å². The van der Waals surface area contributed by atoms with Gasteiger partial charge in [0.25, 0.3) is 0 Å². The Bertz CT molecular complexity index is 310. The Labute approximate surface area is 104 Å². The highest BCUT2D eigenvalue weighted by atomic mass is 16.5. The summed E-state index contributed by atoms with van der Waals surface area (Å²) in [6, 6.07) is 10.6. The lowest BCUT2D eigenvalue weighted by Crippen LogP contribution is -2.31. The van der Waals surface area contributed by atoms with E-state index in [-0.39, 0.29) is 6.10 Å². The predicted octanol–water partition coefficient (Wildman–Crippen LogP) is 2.80. The van der Waals surface area contributed by atoms with Crippen LogP contribution in [0.2, 0.25) is 0 Å². The van der Waals surface area contributed by atoms with Gasteiger partial charge in [0.15, 0.2) is 0 Å². The summed E-state index contributed by atoms with van der Waals surface area (Å²) in [5, 5.41) is 9.81. The van der Waals surface area contributed by atoms with Crippen LogP contribution in [0.25, 0.3) is 0 Å². The average molecular weight is 234 g/mol. The minimum atomic E-state index is -0.138. The first kappa shape index (κ1) is 12.6. The van der Waals surface area contributed by atoms with Gasteiger partial charge in [0.1, 0.15) is 0 Å². The second-order valence-electron chi connectivity index (χ2n) is 4.92. The zero-order valence-corrected chi connectivity index (χ0v) is 10.3. The molecule has 1 aromatic rings. The highest BCUT2D eigenvalue weighted by molar-refractivity contribution is 5.14. The molecule has 1 aliphatic rings. The highest BCUT2D eigenvalue weighted by Crippen LogP contribution is 2.20. The number of aliphatic hydroxyl groups excluding tert-OH is 1. The zero-order valence-electron chi connectivity index (χ0n) is 10.3. The second-order valence-corrected chi connectivity index (χ2v) is 4.92. The molecule has 1 fully saturated rings. The fourth-order valence-corrected chi connectivity index (χ4v) is 2.44. The van der Waals surface area contributed by atoms with Crippen molar-refractivity contribution in [2.24, 2.45) is 5.92 Å². The van der Waals surface area contributed by atoms with E-state index < -0.39 is 0 Å². The Kier molecular flexibility index (Phi) is 5.02. The van der Waals surface area contributed by atoms with Gasteiger partial charge >= 0.3 is 0 Å². The molecule has 1 N–H and O–H groups in total. The molecule has 2 rings (SSSR count). The molecule has 1 aromatic carbocycles. The predicted molar refractivity (Wildman–Crippen MR) is 68.9 cm³/mol. The first-order valence-corrected chi connectivity index (χ1v) is 6.66. The van der Waals surface area contributed by atoms with Crippen molar-refractivity contribution in [2.45, 2.75) is 38.2 Å². The molecule has 1 aliphatic heterocycles. The van der Waals surface area contributed by atoms with Crippen LogP contribution >= 0.6 is 0 Å². The van der Waals surface area contributed by atoms with Crippen molar-refractivity contribution in [3.8, 4) is 0 Å². The summed E-state index contributed by atoms with van der Waals surface area (Å²) in [6.07, 6.45) is 5.29. The van der Waals surface area contributed by atoms with Gasteiger partial charge in [-0.1, -0.05) is 36.8 Å². The Balaban J connectivity index is 1.63. The number of aliphatic hydroxyl groups is 1. The number of rotatable bonds is 5. The Morgan fingerprint density at radius 1 is 1.18 bits per heavy atom. The molecule has 0 saturated carbocycles. The van der Waals surface area contributed by atoms with Gasteiger partial charge in [-0.15, -0.1) is 0 Å². The van der Waals surface area contributed by atoms with Crippen LogP contribution in [0.5, 0.6) is 0 Å². The summed E-state index contributed by atoms with van der Waals surface area (Å²) in [4.78, 5) is 0. The van der Waals surface area contributed by atoms with E-state index in [1.165, 1.54) is 18.4 Å². The molecule has 0 amide bonds. The molecule has 0 radical (unpaired) electrons. The molecular weight excluding hydrogens is 212 g/mol. The van der Waals surface area contributed by atoms with Crippen LogP contribution in [-0.4, -0.2) is 24.4 Å². The Morgan fingerprint density at radius 3 is 2.76 bits per heavy atom. The van der Waals surface area contributed by atoms with E-state index in [0.29, 0.717) is 5.92 Å². The van der Waals surface area contributed by atoms with Crippen molar-refractivity contribution in [1.29, 1.82) is 0 Å². The zero-order chi connectivity index (χ0) is 11.9. The van der Waals surface area contributed by atoms with Crippen LogP contribution in [0.3, 0.4) is 0 Å². The molecule has 2 atom stereocenters. The van der Waals surface area contributed by atoms with Crippen LogP contribution in [0, 0.1) is 5.92 Å². The maximum absolute atomic E-state index is 9.81. The molecule has 0 aliphatic carbocycles. The standard InChI is InChI=1S/C15H22O2/c16-15-10-11-17-12-14(15)9-5-4-8-13-6-2-1-3-7-13/h1-3,6-7,14-16H,4-5,8-12H2. The van der Waals surface area contributed by atoms with E-state index in [4.69, 9.17) is 4.74 Å². The van der Waals surface area contributed by atoms with Crippen molar-refractivity contribution >= 4 is 0 Å². The Morgan fingerprint density at radius 2 is 2.00 bits per heavy atom. The fraction of sp³-hybridized carbons (Fsp3) is 0.600. The lowest BCUT2D eigenvalue weighted by molar-refractivity contribution is -0.0389. The molecule has 2 nitrogen and oxygen atoms in total. The number of hydrogen-bond donors (Lipinski definition) is 1. The van der Waals surface area contributed by atoms with Gasteiger partial charge in [-0.05, 0) is 31.2 Å². The number of hydrogen-bond acceptors (Lipinski definition) is 2. The van der Waals surface area contributed by atoms with Gasteiger partial charge in [0, 0.05) is 12.5 Å². The van der Waals surface area contributed by atoms with Gasteiger partial charge in [0.05, 0.1) is 12.7 Å². The summed E-state index contributed by atoms with van der Waals surface area (Å²) in [5.74, 6) is 0.361. The second kappa shape index (κ2) is 6.77. The molecule has 1 saturated heterocycles. The molecule has 17 heavy (non-hydrogen) atoms. The van der Waals surface area contributed by atoms with Crippen LogP contribution in [0.4, 0.5) is 0 Å². The summed E-state index contributed by atoms with van der Waals surface area (Å²) < 4.78 is 5.41. The summed E-state index contributed by atoms with van der Waals surface area (Å²) in [7, 11) is 0. The summed E-state index contributed by atoms with van der Waals surface area (Å²) in [6.45, 7) is 1.47. The SMILES string of the molecule is OC1CCOCC1CCCCc1ccccc1.